The average molecular weight is 383 g/mol. The molecule has 4 rings (SSSR count). The molecule has 7 heteroatoms. The van der Waals surface area contributed by atoms with Crippen LogP contribution >= 0.6 is 12.2 Å². The Bertz CT molecular complexity index is 941. The van der Waals surface area contributed by atoms with Crippen LogP contribution < -0.4 is 10.6 Å². The molecule has 1 fully saturated rings. The first-order valence-electron chi connectivity index (χ1n) is 8.67. The predicted octanol–water partition coefficient (Wildman–Crippen LogP) is 3.36. The molecule has 1 aromatic heterocycles. The Labute approximate surface area is 163 Å². The Morgan fingerprint density at radius 3 is 2.52 bits per heavy atom. The molecule has 1 saturated heterocycles. The number of rotatable bonds is 2. The van der Waals surface area contributed by atoms with Gasteiger partial charge in [-0.15, -0.1) is 0 Å². The lowest BCUT2D eigenvalue weighted by Crippen LogP contribution is -2.21. The van der Waals surface area contributed by atoms with E-state index in [0.717, 1.165) is 28.4 Å². The molecule has 6 nitrogen and oxygen atoms in total. The van der Waals surface area contributed by atoms with Crippen molar-refractivity contribution in [3.8, 4) is 11.3 Å². The maximum atomic E-state index is 11.6. The molecule has 2 aromatic rings. The summed E-state index contributed by atoms with van der Waals surface area (Å²) in [6, 6.07) is 9.34. The normalized spacial score (nSPS) is 16.6. The molecule has 140 valence electrons. The number of ether oxygens (including phenoxy) is 1. The molecule has 0 unspecified atom stereocenters. The van der Waals surface area contributed by atoms with Gasteiger partial charge < -0.3 is 15.0 Å². The number of benzene rings is 1. The Kier molecular flexibility index (Phi) is 5.41. The van der Waals surface area contributed by atoms with Gasteiger partial charge in [-0.05, 0) is 54.0 Å². The van der Waals surface area contributed by atoms with E-state index < -0.39 is 0 Å². The molecular weight excluding hydrogens is 362 g/mol. The van der Waals surface area contributed by atoms with Crippen LogP contribution in [-0.2, 0) is 16.1 Å². The van der Waals surface area contributed by atoms with Gasteiger partial charge in [0.25, 0.3) is 5.91 Å². The van der Waals surface area contributed by atoms with Crippen LogP contribution in [0.15, 0.2) is 36.0 Å². The lowest BCUT2D eigenvalue weighted by Gasteiger charge is -2.00. The Balaban J connectivity index is 0.000000481. The Hall–Kier alpha value is -2.93. The molecule has 27 heavy (non-hydrogen) atoms. The summed E-state index contributed by atoms with van der Waals surface area (Å²) >= 11 is 4.89. The Morgan fingerprint density at radius 1 is 1.11 bits per heavy atom. The molecule has 3 heterocycles. The molecule has 3 N–H and O–H groups in total. The second kappa shape index (κ2) is 7.75. The van der Waals surface area contributed by atoms with Crippen molar-refractivity contribution in [3.05, 3.63) is 52.8 Å². The fraction of sp³-hybridized carbons (Fsp3) is 0.250. The minimum atomic E-state index is -0.280. The van der Waals surface area contributed by atoms with Gasteiger partial charge in [-0.1, -0.05) is 26.8 Å². The number of hydrogen-bond donors (Lipinski definition) is 3. The highest BCUT2D eigenvalue weighted by molar-refractivity contribution is 7.80. The summed E-state index contributed by atoms with van der Waals surface area (Å²) in [5, 5.41) is 5.61. The molecule has 1 amide bonds. The van der Waals surface area contributed by atoms with Crippen LogP contribution in [0.1, 0.15) is 42.4 Å². The van der Waals surface area contributed by atoms with Crippen LogP contribution in [0.3, 0.4) is 0 Å². The number of cyclic esters (lactones) is 1. The van der Waals surface area contributed by atoms with Gasteiger partial charge >= 0.3 is 5.97 Å². The van der Waals surface area contributed by atoms with Gasteiger partial charge in [0.2, 0.25) is 0 Å². The minimum absolute atomic E-state index is 0.251. The lowest BCUT2D eigenvalue weighted by atomic mass is 10.0. The van der Waals surface area contributed by atoms with Crippen LogP contribution in [-0.4, -0.2) is 22.0 Å². The number of carbonyl (C=O) groups is 2. The van der Waals surface area contributed by atoms with Crippen molar-refractivity contribution in [2.45, 2.75) is 27.4 Å². The molecule has 0 saturated carbocycles. The SMILES string of the molecule is CC(C)C.O=C1NC(=S)N/C1=C/c1ccc(-c2ccc3c(c2)COC3=O)[nH]1. The number of aromatic nitrogens is 1. The number of thiocarbonyl (C=S) groups is 1. The third-order valence-electron chi connectivity index (χ3n) is 3.72. The van der Waals surface area contributed by atoms with Gasteiger partial charge in [0, 0.05) is 17.0 Å². The first-order valence-corrected chi connectivity index (χ1v) is 9.08. The second-order valence-electron chi connectivity index (χ2n) is 6.97. The average Bonchev–Trinajstić information content (AvgIpc) is 3.28. The van der Waals surface area contributed by atoms with Crippen LogP contribution in [0.2, 0.25) is 0 Å². The Morgan fingerprint density at radius 2 is 1.85 bits per heavy atom. The zero-order chi connectivity index (χ0) is 19.6. The number of nitrogens with one attached hydrogen (secondary N) is 3. The molecule has 0 spiro atoms. The molecule has 0 atom stereocenters. The van der Waals surface area contributed by atoms with Crippen LogP contribution in [0, 0.1) is 5.92 Å². The minimum Gasteiger partial charge on any atom is -0.457 e. The van der Waals surface area contributed by atoms with Crippen molar-refractivity contribution in [2.75, 3.05) is 0 Å². The zero-order valence-corrected chi connectivity index (χ0v) is 16.2. The van der Waals surface area contributed by atoms with E-state index in [2.05, 4.69) is 36.4 Å². The van der Waals surface area contributed by atoms with Crippen LogP contribution in [0.4, 0.5) is 0 Å². The highest BCUT2D eigenvalue weighted by atomic mass is 32.1. The molecule has 1 aromatic carbocycles. The van der Waals surface area contributed by atoms with Crippen LogP contribution in [0.25, 0.3) is 17.3 Å². The summed E-state index contributed by atoms with van der Waals surface area (Å²) in [4.78, 5) is 26.3. The maximum Gasteiger partial charge on any atom is 0.338 e. The predicted molar refractivity (Wildman–Crippen MR) is 108 cm³/mol. The third kappa shape index (κ3) is 4.43. The number of amides is 1. The van der Waals surface area contributed by atoms with Crippen molar-refractivity contribution in [1.29, 1.82) is 0 Å². The second-order valence-corrected chi connectivity index (χ2v) is 7.38. The lowest BCUT2D eigenvalue weighted by molar-refractivity contribution is -0.115. The number of hydrogen-bond acceptors (Lipinski definition) is 4. The standard InChI is InChI=1S/C16H11N3O3S.C4H10/c20-14-13(18-16(23)19-14)6-10-2-4-12(17-10)8-1-3-11-9(5-8)7-22-15(11)21;1-4(2)3/h1-6,17H,7H2,(H2,18,19,20,23);4H,1-3H3/b13-6+;. The number of H-pyrrole nitrogens is 1. The van der Waals surface area contributed by atoms with Crippen LogP contribution in [0.5, 0.6) is 0 Å². The van der Waals surface area contributed by atoms with Crippen molar-refractivity contribution < 1.29 is 14.3 Å². The van der Waals surface area contributed by atoms with Crippen molar-refractivity contribution >= 4 is 35.3 Å². The molecule has 2 aliphatic heterocycles. The fourth-order valence-corrected chi connectivity index (χ4v) is 2.81. The van der Waals surface area contributed by atoms with E-state index in [1.54, 1.807) is 12.1 Å². The van der Waals surface area contributed by atoms with Crippen molar-refractivity contribution in [1.82, 2.24) is 15.6 Å². The van der Waals surface area contributed by atoms with E-state index in [1.165, 1.54) is 0 Å². The third-order valence-corrected chi connectivity index (χ3v) is 3.93. The topological polar surface area (TPSA) is 83.2 Å². The summed E-state index contributed by atoms with van der Waals surface area (Å²) in [6.45, 7) is 6.81. The monoisotopic (exact) mass is 383 g/mol. The van der Waals surface area contributed by atoms with E-state index in [1.807, 2.05) is 24.3 Å². The quantitative estimate of drug-likeness (QED) is 0.421. The molecular formula is C20H21N3O3S. The number of aromatic amines is 1. The molecule has 0 radical (unpaired) electrons. The van der Waals surface area contributed by atoms with E-state index in [0.29, 0.717) is 23.0 Å². The summed E-state index contributed by atoms with van der Waals surface area (Å²) in [7, 11) is 0. The van der Waals surface area contributed by atoms with Gasteiger partial charge in [0.05, 0.1) is 5.56 Å². The van der Waals surface area contributed by atoms with E-state index in [9.17, 15) is 9.59 Å². The summed E-state index contributed by atoms with van der Waals surface area (Å²) in [5.41, 5.74) is 4.50. The summed E-state index contributed by atoms with van der Waals surface area (Å²) in [6.07, 6.45) is 1.69. The maximum absolute atomic E-state index is 11.6. The summed E-state index contributed by atoms with van der Waals surface area (Å²) < 4.78 is 5.01. The molecule has 2 aliphatic rings. The zero-order valence-electron chi connectivity index (χ0n) is 15.4. The van der Waals surface area contributed by atoms with Gasteiger partial charge in [-0.2, -0.15) is 0 Å². The number of esters is 1. The smallest absolute Gasteiger partial charge is 0.338 e. The molecule has 0 aliphatic carbocycles. The first kappa shape index (κ1) is 18.8. The van der Waals surface area contributed by atoms with Gasteiger partial charge in [0.1, 0.15) is 12.3 Å². The van der Waals surface area contributed by atoms with E-state index in [4.69, 9.17) is 17.0 Å². The fourth-order valence-electron chi connectivity index (χ4n) is 2.60. The number of carbonyl (C=O) groups excluding carboxylic acids is 2. The number of fused-ring (bicyclic) bond motifs is 1. The molecule has 0 bridgehead atoms. The van der Waals surface area contributed by atoms with E-state index >= 15 is 0 Å². The highest BCUT2D eigenvalue weighted by Gasteiger charge is 2.22. The first-order chi connectivity index (χ1) is 12.8. The highest BCUT2D eigenvalue weighted by Crippen LogP contribution is 2.27. The van der Waals surface area contributed by atoms with Gasteiger partial charge in [-0.25, -0.2) is 4.79 Å². The van der Waals surface area contributed by atoms with Crippen molar-refractivity contribution in [3.63, 3.8) is 0 Å². The van der Waals surface area contributed by atoms with Crippen molar-refractivity contribution in [2.24, 2.45) is 5.92 Å². The van der Waals surface area contributed by atoms with Gasteiger partial charge in [0.15, 0.2) is 5.11 Å². The van der Waals surface area contributed by atoms with E-state index in [-0.39, 0.29) is 11.9 Å². The largest absolute Gasteiger partial charge is 0.457 e. The van der Waals surface area contributed by atoms with Gasteiger partial charge in [-0.3, -0.25) is 10.1 Å². The summed E-state index contributed by atoms with van der Waals surface area (Å²) in [5.74, 6) is 0.303.